The van der Waals surface area contributed by atoms with Crippen molar-refractivity contribution in [3.8, 4) is 22.4 Å². The number of thioether (sulfide) groups is 1. The van der Waals surface area contributed by atoms with Crippen molar-refractivity contribution in [2.45, 2.75) is 74.8 Å². The van der Waals surface area contributed by atoms with Crippen LogP contribution in [0.5, 0.6) is 0 Å². The van der Waals surface area contributed by atoms with Gasteiger partial charge in [0.05, 0.1) is 35.9 Å². The molecule has 11 nitrogen and oxygen atoms in total. The number of piperidine rings is 1. The van der Waals surface area contributed by atoms with Gasteiger partial charge in [0.15, 0.2) is 0 Å². The molecule has 3 aromatic carbocycles. The molecule has 2 saturated heterocycles. The first-order valence-corrected chi connectivity index (χ1v) is 22.1. The summed E-state index contributed by atoms with van der Waals surface area (Å²) >= 11 is 0.778. The first-order valence-electron chi connectivity index (χ1n) is 19.3. The number of sulfonamides is 1. The molecule has 2 N–H and O–H groups in total. The van der Waals surface area contributed by atoms with E-state index in [1.165, 1.54) is 16.4 Å². The number of β-amino-alcohol motifs (C(OH)–C–C–N with tert-alkyl or cyclic N) is 1. The fraction of sp³-hybridized carbons (Fsp3) is 0.439. The first kappa shape index (κ1) is 39.6. The molecule has 4 aromatic rings. The van der Waals surface area contributed by atoms with Crippen LogP contribution in [0.15, 0.2) is 65.6 Å². The number of carbonyl (C=O) groups excluding carboxylic acids is 2. The third kappa shape index (κ3) is 8.37. The lowest BCUT2D eigenvalue weighted by molar-refractivity contribution is -0.139. The Labute approximate surface area is 334 Å². The van der Waals surface area contributed by atoms with Gasteiger partial charge in [-0.1, -0.05) is 42.5 Å². The number of fused-ring (bicyclic) bond motifs is 4. The summed E-state index contributed by atoms with van der Waals surface area (Å²) in [6.45, 7) is 2.96. The minimum absolute atomic E-state index is 0.0144. The zero-order valence-corrected chi connectivity index (χ0v) is 33.2. The molecular formula is C41H45F3N6O5S2. The number of hydrogen-bond acceptors (Lipinski definition) is 8. The summed E-state index contributed by atoms with van der Waals surface area (Å²) in [6.07, 6.45) is -0.279. The maximum absolute atomic E-state index is 14.4. The number of alkyl halides is 3. The molecule has 1 unspecified atom stereocenters. The molecular weight excluding hydrogens is 778 g/mol. The summed E-state index contributed by atoms with van der Waals surface area (Å²) in [6, 6.07) is 17.5. The number of aliphatic hydroxyl groups is 1. The average molecular weight is 823 g/mol. The number of nitrogens with zero attached hydrogens (tertiary/aromatic N) is 5. The Morgan fingerprint density at radius 2 is 1.75 bits per heavy atom. The molecule has 1 atom stereocenters. The van der Waals surface area contributed by atoms with Gasteiger partial charge in [-0.25, -0.2) is 8.42 Å². The molecule has 1 aliphatic carbocycles. The highest BCUT2D eigenvalue weighted by Gasteiger charge is 2.36. The molecule has 4 aliphatic rings. The van der Waals surface area contributed by atoms with Crippen molar-refractivity contribution < 1.29 is 36.3 Å². The fourth-order valence-corrected chi connectivity index (χ4v) is 10.5. The van der Waals surface area contributed by atoms with Crippen LogP contribution in [0.3, 0.4) is 0 Å². The molecule has 57 heavy (non-hydrogen) atoms. The second-order valence-corrected chi connectivity index (χ2v) is 18.4. The molecule has 1 aromatic heterocycles. The summed E-state index contributed by atoms with van der Waals surface area (Å²) in [5.74, 6) is -0.518. The molecule has 0 spiro atoms. The van der Waals surface area contributed by atoms with Crippen molar-refractivity contribution in [2.24, 2.45) is 0 Å². The van der Waals surface area contributed by atoms with Gasteiger partial charge < -0.3 is 20.2 Å². The maximum Gasteiger partial charge on any atom is 0.417 e. The molecule has 2 fully saturated rings. The summed E-state index contributed by atoms with van der Waals surface area (Å²) in [5.41, 5.74) is 5.93. The van der Waals surface area contributed by atoms with Crippen LogP contribution in [0.1, 0.15) is 53.6 Å². The lowest BCUT2D eigenvalue weighted by Gasteiger charge is -2.37. The van der Waals surface area contributed by atoms with E-state index >= 15 is 0 Å². The molecule has 8 rings (SSSR count). The number of benzene rings is 3. The third-order valence-electron chi connectivity index (χ3n) is 11.6. The van der Waals surface area contributed by atoms with Gasteiger partial charge in [0.25, 0.3) is 0 Å². The van der Waals surface area contributed by atoms with Crippen LogP contribution in [-0.2, 0) is 51.7 Å². The highest BCUT2D eigenvalue weighted by Crippen LogP contribution is 2.42. The van der Waals surface area contributed by atoms with Crippen molar-refractivity contribution in [2.75, 3.05) is 50.0 Å². The number of rotatable bonds is 11. The van der Waals surface area contributed by atoms with E-state index in [1.54, 1.807) is 10.7 Å². The summed E-state index contributed by atoms with van der Waals surface area (Å²) < 4.78 is 71.5. The Balaban J connectivity index is 1.01. The number of anilines is 1. The van der Waals surface area contributed by atoms with E-state index in [0.717, 1.165) is 90.9 Å². The number of aromatic nitrogens is 2. The topological polar surface area (TPSA) is 128 Å². The van der Waals surface area contributed by atoms with Crippen molar-refractivity contribution in [1.29, 1.82) is 0 Å². The largest absolute Gasteiger partial charge is 0.417 e. The van der Waals surface area contributed by atoms with E-state index in [1.807, 2.05) is 41.3 Å². The van der Waals surface area contributed by atoms with E-state index < -0.39 is 33.8 Å². The van der Waals surface area contributed by atoms with Crippen LogP contribution in [0.4, 0.5) is 18.9 Å². The van der Waals surface area contributed by atoms with Gasteiger partial charge in [0.1, 0.15) is 0 Å². The lowest BCUT2D eigenvalue weighted by atomic mass is 10.0. The number of halogens is 3. The molecule has 3 aliphatic heterocycles. The van der Waals surface area contributed by atoms with E-state index in [-0.39, 0.29) is 42.2 Å². The number of amides is 2. The Bertz CT molecular complexity index is 2310. The van der Waals surface area contributed by atoms with Crippen LogP contribution in [-0.4, -0.2) is 106 Å². The second kappa shape index (κ2) is 15.9. The van der Waals surface area contributed by atoms with Crippen molar-refractivity contribution in [1.82, 2.24) is 23.9 Å². The van der Waals surface area contributed by atoms with Gasteiger partial charge in [-0.05, 0) is 59.7 Å². The smallest absolute Gasteiger partial charge is 0.390 e. The maximum atomic E-state index is 14.4. The Kier molecular flexibility index (Phi) is 11.0. The highest BCUT2D eigenvalue weighted by molar-refractivity contribution is 8.00. The molecule has 0 bridgehead atoms. The zero-order valence-electron chi connectivity index (χ0n) is 31.6. The van der Waals surface area contributed by atoms with E-state index in [0.29, 0.717) is 48.3 Å². The van der Waals surface area contributed by atoms with Gasteiger partial charge >= 0.3 is 6.18 Å². The molecule has 0 saturated carbocycles. The molecule has 302 valence electrons. The predicted molar refractivity (Wildman–Crippen MR) is 212 cm³/mol. The highest BCUT2D eigenvalue weighted by atomic mass is 32.2. The Morgan fingerprint density at radius 1 is 0.982 bits per heavy atom. The third-order valence-corrected chi connectivity index (χ3v) is 13.9. The number of nitrogens with one attached hydrogen (secondary N) is 1. The number of aliphatic hydroxyl groups excluding tert-OH is 1. The second-order valence-electron chi connectivity index (χ2n) is 15.4. The van der Waals surface area contributed by atoms with E-state index in [9.17, 15) is 36.3 Å². The van der Waals surface area contributed by atoms with Crippen LogP contribution in [0, 0.1) is 0 Å². The fourth-order valence-electron chi connectivity index (χ4n) is 8.78. The van der Waals surface area contributed by atoms with Crippen LogP contribution in [0.2, 0.25) is 0 Å². The Hall–Kier alpha value is -4.22. The van der Waals surface area contributed by atoms with E-state index in [4.69, 9.17) is 5.10 Å². The predicted octanol–water partition coefficient (Wildman–Crippen LogP) is 5.64. The van der Waals surface area contributed by atoms with Crippen LogP contribution in [0.25, 0.3) is 22.4 Å². The van der Waals surface area contributed by atoms with Crippen molar-refractivity contribution in [3.63, 3.8) is 0 Å². The monoisotopic (exact) mass is 822 g/mol. The quantitative estimate of drug-likeness (QED) is 0.164. The van der Waals surface area contributed by atoms with Crippen molar-refractivity contribution in [3.05, 3.63) is 88.6 Å². The van der Waals surface area contributed by atoms with Gasteiger partial charge in [-0.2, -0.15) is 22.6 Å². The van der Waals surface area contributed by atoms with Gasteiger partial charge in [0.2, 0.25) is 21.8 Å². The number of hydrogen-bond donors (Lipinski definition) is 2. The standard InChI is InChI=1S/C41H45F3N6O5S2/c1-57(54,55)48-19-15-36-33(24-48)40(46-50(36)23-29(51)22-47-17-13-28(14-18-47)49-16-5-10-39(49)53)27-11-12-34(41(42,43)44)37(21-27)56-25-38(52)45-35-9-4-8-31-30-7-3-2-6-26(30)20-32(31)35/h2-4,6-9,11-12,21,28-29,51H,5,10,13-20,22-25H2,1H3,(H,45,52). The SMILES string of the molecule is CS(=O)(=O)N1CCc2c(c(-c3ccc(C(F)(F)F)c(SCC(=O)Nc4cccc5c4Cc4ccccc4-5)c3)nn2CC(O)CN2CCC(N3CCCC3=O)CC2)C1. The summed E-state index contributed by atoms with van der Waals surface area (Å²) in [5, 5.41) is 19.0. The van der Waals surface area contributed by atoms with Gasteiger partial charge in [0, 0.05) is 92.0 Å². The molecule has 0 radical (unpaired) electrons. The number of carbonyl (C=O) groups is 2. The van der Waals surface area contributed by atoms with Crippen LogP contribution < -0.4 is 5.32 Å². The van der Waals surface area contributed by atoms with E-state index in [2.05, 4.69) is 10.2 Å². The Morgan fingerprint density at radius 3 is 2.49 bits per heavy atom. The minimum Gasteiger partial charge on any atom is -0.390 e. The molecule has 16 heteroatoms. The molecule has 4 heterocycles. The lowest BCUT2D eigenvalue weighted by Crippen LogP contribution is -2.47. The van der Waals surface area contributed by atoms with Gasteiger partial charge in [-0.3, -0.25) is 14.3 Å². The summed E-state index contributed by atoms with van der Waals surface area (Å²) in [4.78, 5) is 29.6. The minimum atomic E-state index is -4.70. The normalized spacial score (nSPS) is 18.4. The summed E-state index contributed by atoms with van der Waals surface area (Å²) in [7, 11) is -3.59. The first-order chi connectivity index (χ1) is 27.2. The van der Waals surface area contributed by atoms with Crippen LogP contribution >= 0.6 is 11.8 Å². The zero-order chi connectivity index (χ0) is 40.1. The molecule has 2 amide bonds. The average Bonchev–Trinajstić information content (AvgIpc) is 3.89. The van der Waals surface area contributed by atoms with Gasteiger partial charge in [-0.15, -0.1) is 11.8 Å². The number of likely N-dealkylation sites (tertiary alicyclic amines) is 2. The van der Waals surface area contributed by atoms with Crippen molar-refractivity contribution >= 4 is 39.3 Å².